The maximum absolute atomic E-state index is 12.0. The first kappa shape index (κ1) is 14.0. The van der Waals surface area contributed by atoms with Crippen molar-refractivity contribution in [3.63, 3.8) is 0 Å². The van der Waals surface area contributed by atoms with E-state index in [1.165, 1.54) is 18.5 Å². The third-order valence-electron chi connectivity index (χ3n) is 2.20. The molecule has 17 heavy (non-hydrogen) atoms. The van der Waals surface area contributed by atoms with Gasteiger partial charge in [0.25, 0.3) is 0 Å². The molecule has 1 rings (SSSR count). The molecule has 0 aliphatic rings. The molecule has 0 aromatic carbocycles. The van der Waals surface area contributed by atoms with Gasteiger partial charge in [-0.25, -0.2) is 13.1 Å². The van der Waals surface area contributed by atoms with E-state index in [9.17, 15) is 8.42 Å². The van der Waals surface area contributed by atoms with Crippen molar-refractivity contribution in [2.24, 2.45) is 0 Å². The number of halogens is 1. The third kappa shape index (κ3) is 3.70. The molecule has 1 heterocycles. The predicted octanol–water partition coefficient (Wildman–Crippen LogP) is 1.82. The highest BCUT2D eigenvalue weighted by molar-refractivity contribution is 7.89. The Morgan fingerprint density at radius 3 is 2.88 bits per heavy atom. The van der Waals surface area contributed by atoms with Crippen LogP contribution in [0.15, 0.2) is 23.4 Å². The van der Waals surface area contributed by atoms with Gasteiger partial charge in [0.2, 0.25) is 10.0 Å². The lowest BCUT2D eigenvalue weighted by atomic mass is 10.2. The number of rotatable bonds is 5. The number of nitrogens with zero attached hydrogens (tertiary/aromatic N) is 1. The van der Waals surface area contributed by atoms with Gasteiger partial charge in [0.05, 0.1) is 5.02 Å². The van der Waals surface area contributed by atoms with Crippen molar-refractivity contribution >= 4 is 21.6 Å². The van der Waals surface area contributed by atoms with Gasteiger partial charge in [0.1, 0.15) is 4.90 Å². The van der Waals surface area contributed by atoms with E-state index >= 15 is 0 Å². The monoisotopic (exact) mass is 272 g/mol. The van der Waals surface area contributed by atoms with E-state index in [0.29, 0.717) is 12.8 Å². The summed E-state index contributed by atoms with van der Waals surface area (Å²) >= 11 is 5.81. The highest BCUT2D eigenvalue weighted by atomic mass is 35.5. The molecule has 6 heteroatoms. The Hall–Kier alpha value is -1.09. The number of hydrogen-bond donors (Lipinski definition) is 1. The molecule has 1 N–H and O–H groups in total. The Bertz CT molecular complexity index is 523. The molecule has 0 saturated heterocycles. The third-order valence-corrected chi connectivity index (χ3v) is 4.19. The smallest absolute Gasteiger partial charge is 0.243 e. The van der Waals surface area contributed by atoms with Crippen LogP contribution in [0.3, 0.4) is 0 Å². The van der Waals surface area contributed by atoms with Crippen molar-refractivity contribution in [2.75, 3.05) is 0 Å². The van der Waals surface area contributed by atoms with Crippen molar-refractivity contribution in [1.29, 1.82) is 0 Å². The molecule has 0 aliphatic carbocycles. The summed E-state index contributed by atoms with van der Waals surface area (Å²) < 4.78 is 26.5. The molecule has 0 radical (unpaired) electrons. The average Bonchev–Trinajstić information content (AvgIpc) is 2.28. The van der Waals surface area contributed by atoms with Crippen LogP contribution in [0.2, 0.25) is 5.02 Å². The highest BCUT2D eigenvalue weighted by Gasteiger charge is 2.21. The van der Waals surface area contributed by atoms with Gasteiger partial charge in [0.15, 0.2) is 0 Å². The molecule has 0 bridgehead atoms. The first-order chi connectivity index (χ1) is 8.01. The summed E-state index contributed by atoms with van der Waals surface area (Å²) in [5.74, 6) is 2.43. The highest BCUT2D eigenvalue weighted by Crippen LogP contribution is 2.19. The molecular weight excluding hydrogens is 260 g/mol. The second kappa shape index (κ2) is 6.01. The first-order valence-electron chi connectivity index (χ1n) is 5.06. The molecule has 0 spiro atoms. The molecule has 0 fully saturated rings. The fourth-order valence-electron chi connectivity index (χ4n) is 1.26. The van der Waals surface area contributed by atoms with Crippen LogP contribution in [0, 0.1) is 12.3 Å². The molecule has 92 valence electrons. The zero-order chi connectivity index (χ0) is 12.9. The minimum atomic E-state index is -3.66. The van der Waals surface area contributed by atoms with Crippen molar-refractivity contribution in [3.8, 4) is 12.3 Å². The quantitative estimate of drug-likeness (QED) is 0.832. The van der Waals surface area contributed by atoms with Crippen LogP contribution in [0.25, 0.3) is 0 Å². The summed E-state index contributed by atoms with van der Waals surface area (Å²) in [7, 11) is -3.66. The molecular formula is C11H13ClN2O2S. The summed E-state index contributed by atoms with van der Waals surface area (Å²) in [5.41, 5.74) is 0. The standard InChI is InChI=1S/C11H13ClN2O2S/c1-3-5-9(4-2)14-17(15,16)11-8-13-7-6-10(11)12/h1,6-9,14H,4-5H2,2H3. The molecule has 1 atom stereocenters. The topological polar surface area (TPSA) is 59.1 Å². The van der Waals surface area contributed by atoms with Gasteiger partial charge < -0.3 is 0 Å². The molecule has 1 unspecified atom stereocenters. The summed E-state index contributed by atoms with van der Waals surface area (Å²) in [6, 6.07) is 1.14. The van der Waals surface area contributed by atoms with E-state index in [1.807, 2.05) is 6.92 Å². The minimum absolute atomic E-state index is 0.0304. The first-order valence-corrected chi connectivity index (χ1v) is 6.92. The van der Waals surface area contributed by atoms with Gasteiger partial charge in [0, 0.05) is 24.9 Å². The minimum Gasteiger partial charge on any atom is -0.263 e. The van der Waals surface area contributed by atoms with Crippen LogP contribution in [0.5, 0.6) is 0 Å². The average molecular weight is 273 g/mol. The van der Waals surface area contributed by atoms with Crippen molar-refractivity contribution in [3.05, 3.63) is 23.5 Å². The van der Waals surface area contributed by atoms with Crippen LogP contribution in [0.4, 0.5) is 0 Å². The van der Waals surface area contributed by atoms with Crippen LogP contribution in [-0.2, 0) is 10.0 Å². The van der Waals surface area contributed by atoms with Gasteiger partial charge in [-0.05, 0) is 12.5 Å². The predicted molar refractivity (Wildman–Crippen MR) is 67.1 cm³/mol. The van der Waals surface area contributed by atoms with Gasteiger partial charge in [-0.2, -0.15) is 0 Å². The van der Waals surface area contributed by atoms with Gasteiger partial charge >= 0.3 is 0 Å². The number of terminal acetylenes is 1. The Morgan fingerprint density at radius 2 is 2.35 bits per heavy atom. The van der Waals surface area contributed by atoms with Crippen LogP contribution in [0.1, 0.15) is 19.8 Å². The number of nitrogens with one attached hydrogen (secondary N) is 1. The van der Waals surface area contributed by atoms with Gasteiger partial charge in [-0.15, -0.1) is 12.3 Å². The second-order valence-electron chi connectivity index (χ2n) is 3.44. The lowest BCUT2D eigenvalue weighted by molar-refractivity contribution is 0.544. The SMILES string of the molecule is C#CCC(CC)NS(=O)(=O)c1cnccc1Cl. The largest absolute Gasteiger partial charge is 0.263 e. The maximum Gasteiger partial charge on any atom is 0.243 e. The zero-order valence-electron chi connectivity index (χ0n) is 9.35. The zero-order valence-corrected chi connectivity index (χ0v) is 10.9. The summed E-state index contributed by atoms with van der Waals surface area (Å²) in [6.45, 7) is 1.86. The van der Waals surface area contributed by atoms with Crippen LogP contribution < -0.4 is 4.72 Å². The molecule has 1 aromatic heterocycles. The normalized spacial score (nSPS) is 13.0. The summed E-state index contributed by atoms with van der Waals surface area (Å²) in [4.78, 5) is 3.72. The van der Waals surface area contributed by atoms with E-state index in [0.717, 1.165) is 0 Å². The number of hydrogen-bond acceptors (Lipinski definition) is 3. The van der Waals surface area contributed by atoms with Crippen LogP contribution >= 0.6 is 11.6 Å². The van der Waals surface area contributed by atoms with Crippen molar-refractivity contribution < 1.29 is 8.42 Å². The Labute approximate surface area is 106 Å². The van der Waals surface area contributed by atoms with Crippen molar-refractivity contribution in [2.45, 2.75) is 30.7 Å². The Balaban J connectivity index is 2.97. The van der Waals surface area contributed by atoms with E-state index in [4.69, 9.17) is 18.0 Å². The van der Waals surface area contributed by atoms with Crippen molar-refractivity contribution in [1.82, 2.24) is 9.71 Å². The molecule has 0 aliphatic heterocycles. The Kier molecular flexibility index (Phi) is 4.94. The molecule has 1 aromatic rings. The van der Waals surface area contributed by atoms with E-state index in [1.54, 1.807) is 0 Å². The lowest BCUT2D eigenvalue weighted by Crippen LogP contribution is -2.34. The second-order valence-corrected chi connectivity index (χ2v) is 5.53. The van der Waals surface area contributed by atoms with E-state index in [-0.39, 0.29) is 16.0 Å². The Morgan fingerprint density at radius 1 is 1.65 bits per heavy atom. The number of sulfonamides is 1. The van der Waals surface area contributed by atoms with E-state index in [2.05, 4.69) is 15.6 Å². The summed E-state index contributed by atoms with van der Waals surface area (Å²) in [5, 5.41) is 0.142. The lowest BCUT2D eigenvalue weighted by Gasteiger charge is -2.14. The number of pyridine rings is 1. The fourth-order valence-corrected chi connectivity index (χ4v) is 3.01. The summed E-state index contributed by atoms with van der Waals surface area (Å²) in [6.07, 6.45) is 8.77. The fraction of sp³-hybridized carbons (Fsp3) is 0.364. The molecule has 4 nitrogen and oxygen atoms in total. The van der Waals surface area contributed by atoms with E-state index < -0.39 is 10.0 Å². The molecule has 0 amide bonds. The van der Waals surface area contributed by atoms with Crippen LogP contribution in [-0.4, -0.2) is 19.4 Å². The maximum atomic E-state index is 12.0. The van der Waals surface area contributed by atoms with Gasteiger partial charge in [-0.3, -0.25) is 4.98 Å². The van der Waals surface area contributed by atoms with Gasteiger partial charge in [-0.1, -0.05) is 18.5 Å². The number of aromatic nitrogens is 1. The molecule has 0 saturated carbocycles.